The Bertz CT molecular complexity index is 568. The SMILES string of the molecule is COCCCOc1cccc(C(=O)NC2(C(=O)O)CCOCC2)c1. The number of benzene rings is 1. The van der Waals surface area contributed by atoms with Crippen LogP contribution in [0.15, 0.2) is 24.3 Å². The number of carbonyl (C=O) groups is 2. The summed E-state index contributed by atoms with van der Waals surface area (Å²) in [6.07, 6.45) is 1.25. The van der Waals surface area contributed by atoms with E-state index in [0.29, 0.717) is 37.7 Å². The zero-order chi connectivity index (χ0) is 17.4. The number of hydrogen-bond donors (Lipinski definition) is 2. The summed E-state index contributed by atoms with van der Waals surface area (Å²) < 4.78 is 15.7. The second-order valence-corrected chi connectivity index (χ2v) is 5.68. The lowest BCUT2D eigenvalue weighted by molar-refractivity contribution is -0.148. The van der Waals surface area contributed by atoms with Crippen LogP contribution >= 0.6 is 0 Å². The Balaban J connectivity index is 2.02. The molecule has 0 atom stereocenters. The summed E-state index contributed by atoms with van der Waals surface area (Å²) in [5.41, 5.74) is -0.906. The summed E-state index contributed by atoms with van der Waals surface area (Å²) >= 11 is 0. The monoisotopic (exact) mass is 337 g/mol. The van der Waals surface area contributed by atoms with Crippen molar-refractivity contribution in [2.24, 2.45) is 0 Å². The molecular weight excluding hydrogens is 314 g/mol. The van der Waals surface area contributed by atoms with Crippen LogP contribution in [-0.4, -0.2) is 56.1 Å². The van der Waals surface area contributed by atoms with E-state index in [-0.39, 0.29) is 12.8 Å². The lowest BCUT2D eigenvalue weighted by Gasteiger charge is -2.33. The molecule has 1 aliphatic rings. The van der Waals surface area contributed by atoms with Gasteiger partial charge in [-0.05, 0) is 18.2 Å². The molecule has 1 fully saturated rings. The minimum Gasteiger partial charge on any atom is -0.493 e. The van der Waals surface area contributed by atoms with E-state index in [9.17, 15) is 14.7 Å². The summed E-state index contributed by atoms with van der Waals surface area (Å²) in [6.45, 7) is 1.71. The normalized spacial score (nSPS) is 16.4. The number of amides is 1. The zero-order valence-corrected chi connectivity index (χ0v) is 13.7. The zero-order valence-electron chi connectivity index (χ0n) is 13.7. The van der Waals surface area contributed by atoms with Crippen LogP contribution < -0.4 is 10.1 Å². The largest absolute Gasteiger partial charge is 0.493 e. The molecule has 0 aliphatic carbocycles. The molecule has 0 bridgehead atoms. The van der Waals surface area contributed by atoms with Gasteiger partial charge in [0.05, 0.1) is 6.61 Å². The molecule has 1 saturated heterocycles. The third-order valence-electron chi connectivity index (χ3n) is 3.97. The first-order valence-corrected chi connectivity index (χ1v) is 7.93. The lowest BCUT2D eigenvalue weighted by atomic mass is 9.89. The smallest absolute Gasteiger partial charge is 0.329 e. The third kappa shape index (κ3) is 4.69. The molecule has 7 nitrogen and oxygen atoms in total. The van der Waals surface area contributed by atoms with Crippen molar-refractivity contribution in [3.63, 3.8) is 0 Å². The Labute approximate surface area is 140 Å². The molecule has 1 amide bonds. The van der Waals surface area contributed by atoms with Gasteiger partial charge in [-0.2, -0.15) is 0 Å². The van der Waals surface area contributed by atoms with E-state index in [1.54, 1.807) is 31.4 Å². The number of hydrogen-bond acceptors (Lipinski definition) is 5. The summed E-state index contributed by atoms with van der Waals surface area (Å²) in [5.74, 6) is -0.900. The van der Waals surface area contributed by atoms with Gasteiger partial charge in [-0.25, -0.2) is 4.79 Å². The topological polar surface area (TPSA) is 94.1 Å². The molecule has 2 rings (SSSR count). The van der Waals surface area contributed by atoms with E-state index < -0.39 is 17.4 Å². The van der Waals surface area contributed by atoms with E-state index in [0.717, 1.165) is 6.42 Å². The third-order valence-corrected chi connectivity index (χ3v) is 3.97. The average Bonchev–Trinajstić information content (AvgIpc) is 2.60. The van der Waals surface area contributed by atoms with Gasteiger partial charge in [0.1, 0.15) is 11.3 Å². The van der Waals surface area contributed by atoms with Gasteiger partial charge in [-0.15, -0.1) is 0 Å². The molecule has 1 heterocycles. The molecule has 24 heavy (non-hydrogen) atoms. The number of carboxylic acids is 1. The number of carbonyl (C=O) groups excluding carboxylic acids is 1. The van der Waals surface area contributed by atoms with Crippen LogP contribution in [0.1, 0.15) is 29.6 Å². The van der Waals surface area contributed by atoms with E-state index in [4.69, 9.17) is 14.2 Å². The minimum atomic E-state index is -1.27. The van der Waals surface area contributed by atoms with Gasteiger partial charge in [0.15, 0.2) is 0 Å². The second-order valence-electron chi connectivity index (χ2n) is 5.68. The number of carboxylic acid groups (broad SMARTS) is 1. The molecule has 0 saturated carbocycles. The van der Waals surface area contributed by atoms with Crippen LogP contribution in [-0.2, 0) is 14.3 Å². The van der Waals surface area contributed by atoms with Crippen molar-refractivity contribution in [2.45, 2.75) is 24.8 Å². The predicted molar refractivity (Wildman–Crippen MR) is 86.3 cm³/mol. The Kier molecular flexibility index (Phi) is 6.57. The maximum Gasteiger partial charge on any atom is 0.329 e. The van der Waals surface area contributed by atoms with Crippen LogP contribution in [0.25, 0.3) is 0 Å². The summed E-state index contributed by atoms with van der Waals surface area (Å²) in [4.78, 5) is 24.1. The van der Waals surface area contributed by atoms with Gasteiger partial charge < -0.3 is 24.6 Å². The molecule has 132 valence electrons. The molecule has 0 aromatic heterocycles. The molecule has 1 aromatic rings. The first-order valence-electron chi connectivity index (χ1n) is 7.93. The fraction of sp³-hybridized carbons (Fsp3) is 0.529. The highest BCUT2D eigenvalue weighted by Crippen LogP contribution is 2.22. The van der Waals surface area contributed by atoms with Crippen molar-refractivity contribution < 1.29 is 28.9 Å². The summed E-state index contributed by atoms with van der Waals surface area (Å²) in [5, 5.41) is 12.2. The van der Waals surface area contributed by atoms with E-state index >= 15 is 0 Å². The number of methoxy groups -OCH3 is 1. The van der Waals surface area contributed by atoms with Crippen LogP contribution in [0.5, 0.6) is 5.75 Å². The fourth-order valence-electron chi connectivity index (χ4n) is 2.52. The Morgan fingerprint density at radius 3 is 2.71 bits per heavy atom. The van der Waals surface area contributed by atoms with Crippen molar-refractivity contribution in [1.82, 2.24) is 5.32 Å². The van der Waals surface area contributed by atoms with Crippen molar-refractivity contribution in [3.8, 4) is 5.75 Å². The van der Waals surface area contributed by atoms with E-state index in [2.05, 4.69) is 5.32 Å². The first-order chi connectivity index (χ1) is 11.6. The van der Waals surface area contributed by atoms with Crippen molar-refractivity contribution >= 4 is 11.9 Å². The van der Waals surface area contributed by atoms with Gasteiger partial charge in [-0.3, -0.25) is 4.79 Å². The maximum absolute atomic E-state index is 12.5. The van der Waals surface area contributed by atoms with Crippen LogP contribution in [0, 0.1) is 0 Å². The van der Waals surface area contributed by atoms with Crippen molar-refractivity contribution in [3.05, 3.63) is 29.8 Å². The molecule has 0 unspecified atom stereocenters. The molecule has 2 N–H and O–H groups in total. The molecule has 1 aliphatic heterocycles. The molecule has 0 spiro atoms. The highest BCUT2D eigenvalue weighted by Gasteiger charge is 2.41. The van der Waals surface area contributed by atoms with Gasteiger partial charge in [0.2, 0.25) is 0 Å². The van der Waals surface area contributed by atoms with Gasteiger partial charge in [-0.1, -0.05) is 6.07 Å². The van der Waals surface area contributed by atoms with Crippen LogP contribution in [0.3, 0.4) is 0 Å². The first kappa shape index (κ1) is 18.2. The van der Waals surface area contributed by atoms with E-state index in [1.807, 2.05) is 0 Å². The number of ether oxygens (including phenoxy) is 3. The van der Waals surface area contributed by atoms with Gasteiger partial charge in [0.25, 0.3) is 5.91 Å². The number of rotatable bonds is 8. The molecule has 1 aromatic carbocycles. The molecule has 7 heteroatoms. The summed E-state index contributed by atoms with van der Waals surface area (Å²) in [6, 6.07) is 6.70. The van der Waals surface area contributed by atoms with E-state index in [1.165, 1.54) is 0 Å². The Morgan fingerprint density at radius 2 is 2.04 bits per heavy atom. The van der Waals surface area contributed by atoms with Crippen molar-refractivity contribution in [2.75, 3.05) is 33.5 Å². The lowest BCUT2D eigenvalue weighted by Crippen LogP contribution is -2.57. The minimum absolute atomic E-state index is 0.251. The van der Waals surface area contributed by atoms with Crippen LogP contribution in [0.4, 0.5) is 0 Å². The highest BCUT2D eigenvalue weighted by atomic mass is 16.5. The number of aliphatic carboxylic acids is 1. The molecular formula is C17H23NO6. The number of nitrogens with one attached hydrogen (secondary N) is 1. The fourth-order valence-corrected chi connectivity index (χ4v) is 2.52. The summed E-state index contributed by atoms with van der Waals surface area (Å²) in [7, 11) is 1.62. The Morgan fingerprint density at radius 1 is 1.29 bits per heavy atom. The molecule has 0 radical (unpaired) electrons. The standard InChI is InChI=1S/C17H23NO6/c1-22-8-3-9-24-14-5-2-4-13(12-14)15(19)18-17(16(20)21)6-10-23-11-7-17/h2,4-5,12H,3,6-11H2,1H3,(H,18,19)(H,20,21). The Hall–Kier alpha value is -2.12. The van der Waals surface area contributed by atoms with Gasteiger partial charge in [0, 0.05) is 51.8 Å². The van der Waals surface area contributed by atoms with Gasteiger partial charge >= 0.3 is 5.97 Å². The quantitative estimate of drug-likeness (QED) is 0.698. The second kappa shape index (κ2) is 8.65. The van der Waals surface area contributed by atoms with Crippen LogP contribution in [0.2, 0.25) is 0 Å². The predicted octanol–water partition coefficient (Wildman–Crippen LogP) is 1.47. The highest BCUT2D eigenvalue weighted by molar-refractivity contribution is 5.98. The average molecular weight is 337 g/mol. The maximum atomic E-state index is 12.5. The van der Waals surface area contributed by atoms with Crippen molar-refractivity contribution in [1.29, 1.82) is 0 Å².